The van der Waals surface area contributed by atoms with Crippen LogP contribution in [0.15, 0.2) is 47.2 Å². The van der Waals surface area contributed by atoms with Crippen LogP contribution < -0.4 is 4.90 Å². The highest BCUT2D eigenvalue weighted by molar-refractivity contribution is 7.08. The molecular formula is C14H13N5OS. The number of tetrazole rings is 1. The Morgan fingerprint density at radius 2 is 2.10 bits per heavy atom. The van der Waals surface area contributed by atoms with Gasteiger partial charge < -0.3 is 4.90 Å². The number of rotatable bonds is 4. The van der Waals surface area contributed by atoms with Crippen LogP contribution in [0.5, 0.6) is 0 Å². The average Bonchev–Trinajstić information content (AvgIpc) is 3.18. The molecule has 0 aliphatic carbocycles. The molecule has 0 aliphatic rings. The van der Waals surface area contributed by atoms with Gasteiger partial charge in [-0.2, -0.15) is 16.1 Å². The summed E-state index contributed by atoms with van der Waals surface area (Å²) in [6.07, 6.45) is 0. The fourth-order valence-corrected chi connectivity index (χ4v) is 2.47. The lowest BCUT2D eigenvalue weighted by Crippen LogP contribution is -2.30. The first kappa shape index (κ1) is 13.4. The topological polar surface area (TPSA) is 63.9 Å². The number of anilines is 1. The molecule has 0 unspecified atom stereocenters. The molecule has 0 saturated carbocycles. The highest BCUT2D eigenvalue weighted by Gasteiger charge is 2.14. The number of hydrogen-bond acceptors (Lipinski definition) is 5. The molecule has 7 heteroatoms. The number of benzene rings is 1. The van der Waals surface area contributed by atoms with Crippen LogP contribution in [0, 0.1) is 0 Å². The first-order valence-electron chi connectivity index (χ1n) is 6.36. The Balaban J connectivity index is 1.71. The van der Waals surface area contributed by atoms with Crippen molar-refractivity contribution in [2.24, 2.45) is 0 Å². The predicted octanol–water partition coefficient (Wildman–Crippen LogP) is 2.06. The van der Waals surface area contributed by atoms with Crippen LogP contribution in [-0.4, -0.2) is 33.2 Å². The average molecular weight is 299 g/mol. The van der Waals surface area contributed by atoms with Gasteiger partial charge in [-0.15, -0.1) is 10.2 Å². The zero-order valence-electron chi connectivity index (χ0n) is 11.4. The van der Waals surface area contributed by atoms with E-state index in [1.807, 2.05) is 47.2 Å². The molecule has 106 valence electrons. The maximum Gasteiger partial charge on any atom is 0.250 e. The molecule has 0 atom stereocenters. The molecule has 3 rings (SSSR count). The minimum atomic E-state index is -0.101. The molecule has 0 spiro atoms. The second kappa shape index (κ2) is 5.84. The molecule has 3 aromatic rings. The van der Waals surface area contributed by atoms with Crippen molar-refractivity contribution < 1.29 is 4.79 Å². The van der Waals surface area contributed by atoms with Crippen molar-refractivity contribution in [3.8, 4) is 11.4 Å². The first-order chi connectivity index (χ1) is 10.2. The Hall–Kier alpha value is -2.54. The van der Waals surface area contributed by atoms with E-state index in [1.54, 1.807) is 23.3 Å². The van der Waals surface area contributed by atoms with Crippen LogP contribution in [0.1, 0.15) is 0 Å². The molecule has 1 amide bonds. The third-order valence-corrected chi connectivity index (χ3v) is 3.71. The van der Waals surface area contributed by atoms with Crippen LogP contribution in [0.4, 0.5) is 5.69 Å². The normalized spacial score (nSPS) is 10.5. The number of hydrogen-bond donors (Lipinski definition) is 0. The van der Waals surface area contributed by atoms with Gasteiger partial charge in [-0.05, 0) is 28.8 Å². The van der Waals surface area contributed by atoms with Gasteiger partial charge in [0.1, 0.15) is 6.54 Å². The second-order valence-corrected chi connectivity index (χ2v) is 5.22. The molecule has 6 nitrogen and oxygen atoms in total. The summed E-state index contributed by atoms with van der Waals surface area (Å²) in [5.74, 6) is 0.432. The van der Waals surface area contributed by atoms with Gasteiger partial charge in [0, 0.05) is 23.7 Å². The molecule has 21 heavy (non-hydrogen) atoms. The summed E-state index contributed by atoms with van der Waals surface area (Å²) in [6, 6.07) is 11.4. The number of nitrogens with zero attached hydrogens (tertiary/aromatic N) is 5. The summed E-state index contributed by atoms with van der Waals surface area (Å²) in [6.45, 7) is 0.0581. The first-order valence-corrected chi connectivity index (χ1v) is 7.30. The van der Waals surface area contributed by atoms with Crippen LogP contribution in [0.2, 0.25) is 0 Å². The lowest BCUT2D eigenvalue weighted by atomic mass is 10.3. The van der Waals surface area contributed by atoms with Gasteiger partial charge in [-0.1, -0.05) is 18.2 Å². The summed E-state index contributed by atoms with van der Waals surface area (Å²) >= 11 is 1.57. The number of aromatic nitrogens is 4. The number of thiophene rings is 1. The van der Waals surface area contributed by atoms with Gasteiger partial charge in [0.2, 0.25) is 11.7 Å². The number of para-hydroxylation sites is 1. The highest BCUT2D eigenvalue weighted by Crippen LogP contribution is 2.16. The van der Waals surface area contributed by atoms with E-state index in [0.29, 0.717) is 5.82 Å². The maximum atomic E-state index is 12.2. The SMILES string of the molecule is CN(C(=O)Cn1nnc(-c2ccsc2)n1)c1ccccc1. The molecule has 0 bridgehead atoms. The van der Waals surface area contributed by atoms with E-state index in [1.165, 1.54) is 4.80 Å². The van der Waals surface area contributed by atoms with Gasteiger partial charge >= 0.3 is 0 Å². The Morgan fingerprint density at radius 1 is 1.29 bits per heavy atom. The molecule has 0 saturated heterocycles. The standard InChI is InChI=1S/C14H13N5OS/c1-18(12-5-3-2-4-6-12)13(20)9-19-16-14(15-17-19)11-7-8-21-10-11/h2-8,10H,9H2,1H3. The van der Waals surface area contributed by atoms with E-state index in [2.05, 4.69) is 15.4 Å². The smallest absolute Gasteiger partial charge is 0.250 e. The predicted molar refractivity (Wildman–Crippen MR) is 81.0 cm³/mol. The third kappa shape index (κ3) is 2.97. The molecule has 2 heterocycles. The Bertz CT molecular complexity index is 723. The van der Waals surface area contributed by atoms with Crippen molar-refractivity contribution in [3.63, 3.8) is 0 Å². The van der Waals surface area contributed by atoms with Crippen LogP contribution >= 0.6 is 11.3 Å². The van der Waals surface area contributed by atoms with E-state index in [4.69, 9.17) is 0 Å². The lowest BCUT2D eigenvalue weighted by Gasteiger charge is -2.16. The number of amides is 1. The van der Waals surface area contributed by atoms with Gasteiger partial charge in [0.15, 0.2) is 0 Å². The van der Waals surface area contributed by atoms with E-state index < -0.39 is 0 Å². The zero-order chi connectivity index (χ0) is 14.7. The van der Waals surface area contributed by atoms with E-state index in [-0.39, 0.29) is 12.5 Å². The second-order valence-electron chi connectivity index (χ2n) is 4.44. The number of likely N-dealkylation sites (N-methyl/N-ethyl adjacent to an activating group) is 1. The maximum absolute atomic E-state index is 12.2. The van der Waals surface area contributed by atoms with Crippen molar-refractivity contribution in [1.29, 1.82) is 0 Å². The van der Waals surface area contributed by atoms with Crippen molar-refractivity contribution in [1.82, 2.24) is 20.2 Å². The van der Waals surface area contributed by atoms with Crippen molar-refractivity contribution >= 4 is 22.9 Å². The van der Waals surface area contributed by atoms with Crippen LogP contribution in [-0.2, 0) is 11.3 Å². The summed E-state index contributed by atoms with van der Waals surface area (Å²) in [7, 11) is 1.73. The Kier molecular flexibility index (Phi) is 3.74. The lowest BCUT2D eigenvalue weighted by molar-refractivity contribution is -0.119. The molecule has 0 radical (unpaired) electrons. The van der Waals surface area contributed by atoms with Crippen LogP contribution in [0.3, 0.4) is 0 Å². The van der Waals surface area contributed by atoms with E-state index in [9.17, 15) is 4.79 Å². The molecule has 2 aromatic heterocycles. The zero-order valence-corrected chi connectivity index (χ0v) is 12.2. The molecule has 0 aliphatic heterocycles. The van der Waals surface area contributed by atoms with Gasteiger partial charge in [-0.25, -0.2) is 0 Å². The molecule has 1 aromatic carbocycles. The van der Waals surface area contributed by atoms with E-state index >= 15 is 0 Å². The van der Waals surface area contributed by atoms with Crippen LogP contribution in [0.25, 0.3) is 11.4 Å². The van der Waals surface area contributed by atoms with Gasteiger partial charge in [0.05, 0.1) is 0 Å². The number of carbonyl (C=O) groups excluding carboxylic acids is 1. The number of carbonyl (C=O) groups is 1. The monoisotopic (exact) mass is 299 g/mol. The third-order valence-electron chi connectivity index (χ3n) is 3.03. The summed E-state index contributed by atoms with van der Waals surface area (Å²) in [4.78, 5) is 15.1. The quantitative estimate of drug-likeness (QED) is 0.740. The molecular weight excluding hydrogens is 286 g/mol. The summed E-state index contributed by atoms with van der Waals surface area (Å²) in [5, 5.41) is 16.0. The van der Waals surface area contributed by atoms with Gasteiger partial charge in [-0.3, -0.25) is 4.79 Å². The van der Waals surface area contributed by atoms with Gasteiger partial charge in [0.25, 0.3) is 0 Å². The Morgan fingerprint density at radius 3 is 2.81 bits per heavy atom. The van der Waals surface area contributed by atoms with Crippen molar-refractivity contribution in [2.75, 3.05) is 11.9 Å². The minimum absolute atomic E-state index is 0.0581. The summed E-state index contributed by atoms with van der Waals surface area (Å²) in [5.41, 5.74) is 1.75. The fraction of sp³-hybridized carbons (Fsp3) is 0.143. The fourth-order valence-electron chi connectivity index (χ4n) is 1.84. The minimum Gasteiger partial charge on any atom is -0.314 e. The Labute approximate surface area is 125 Å². The highest BCUT2D eigenvalue weighted by atomic mass is 32.1. The molecule has 0 fully saturated rings. The summed E-state index contributed by atoms with van der Waals surface area (Å²) < 4.78 is 0. The van der Waals surface area contributed by atoms with E-state index in [0.717, 1.165) is 11.3 Å². The van der Waals surface area contributed by atoms with Crippen molar-refractivity contribution in [3.05, 3.63) is 47.2 Å². The van der Waals surface area contributed by atoms with Crippen molar-refractivity contribution in [2.45, 2.75) is 6.54 Å². The molecule has 0 N–H and O–H groups in total. The largest absolute Gasteiger partial charge is 0.314 e.